The van der Waals surface area contributed by atoms with Crippen molar-refractivity contribution in [1.29, 1.82) is 0 Å². The molecule has 122 valence electrons. The summed E-state index contributed by atoms with van der Waals surface area (Å²) in [5, 5.41) is 0. The molecule has 1 saturated heterocycles. The SMILES string of the molecule is CCCC(N)C(=O)N1CCCC1CC1CC2CCC1C2.Cl. The molecule has 0 aromatic heterocycles. The minimum atomic E-state index is -0.263. The van der Waals surface area contributed by atoms with Gasteiger partial charge in [0.05, 0.1) is 6.04 Å². The Bertz CT molecular complexity index is 363. The van der Waals surface area contributed by atoms with Crippen molar-refractivity contribution in [3.63, 3.8) is 0 Å². The predicted octanol–water partition coefficient (Wildman–Crippen LogP) is 3.35. The quantitative estimate of drug-likeness (QED) is 0.846. The second-order valence-electron chi connectivity index (χ2n) is 7.39. The smallest absolute Gasteiger partial charge is 0.239 e. The molecule has 2 saturated carbocycles. The van der Waals surface area contributed by atoms with Gasteiger partial charge in [-0.05, 0) is 62.7 Å². The van der Waals surface area contributed by atoms with Gasteiger partial charge in [0, 0.05) is 12.6 Å². The van der Waals surface area contributed by atoms with E-state index in [1.807, 2.05) is 0 Å². The maximum atomic E-state index is 12.5. The third-order valence-electron chi connectivity index (χ3n) is 6.04. The number of halogens is 1. The lowest BCUT2D eigenvalue weighted by Gasteiger charge is -2.31. The third kappa shape index (κ3) is 3.56. The highest BCUT2D eigenvalue weighted by Crippen LogP contribution is 2.50. The molecule has 1 heterocycles. The van der Waals surface area contributed by atoms with Gasteiger partial charge in [-0.2, -0.15) is 0 Å². The molecule has 3 rings (SSSR count). The van der Waals surface area contributed by atoms with E-state index in [2.05, 4.69) is 11.8 Å². The van der Waals surface area contributed by atoms with Crippen molar-refractivity contribution < 1.29 is 4.79 Å². The van der Waals surface area contributed by atoms with E-state index < -0.39 is 0 Å². The van der Waals surface area contributed by atoms with E-state index in [9.17, 15) is 4.79 Å². The van der Waals surface area contributed by atoms with E-state index in [0.29, 0.717) is 6.04 Å². The van der Waals surface area contributed by atoms with Crippen LogP contribution in [0, 0.1) is 17.8 Å². The Kier molecular flexibility index (Phi) is 5.96. The molecule has 3 nitrogen and oxygen atoms in total. The number of hydrogen-bond donors (Lipinski definition) is 1. The standard InChI is InChI=1S/C17H30N2O.ClH/c1-2-4-16(18)17(20)19-8-3-5-15(19)11-14-10-12-6-7-13(14)9-12;/h12-16H,2-11,18H2,1H3;1H. The van der Waals surface area contributed by atoms with Crippen molar-refractivity contribution in [1.82, 2.24) is 4.90 Å². The average molecular weight is 315 g/mol. The lowest BCUT2D eigenvalue weighted by molar-refractivity contribution is -0.133. The van der Waals surface area contributed by atoms with Gasteiger partial charge in [-0.3, -0.25) is 4.79 Å². The summed E-state index contributed by atoms with van der Waals surface area (Å²) >= 11 is 0. The molecule has 21 heavy (non-hydrogen) atoms. The summed E-state index contributed by atoms with van der Waals surface area (Å²) in [5.74, 6) is 3.10. The van der Waals surface area contributed by atoms with Gasteiger partial charge in [-0.15, -0.1) is 12.4 Å². The summed E-state index contributed by atoms with van der Waals surface area (Å²) < 4.78 is 0. The van der Waals surface area contributed by atoms with Gasteiger partial charge < -0.3 is 10.6 Å². The van der Waals surface area contributed by atoms with Crippen LogP contribution in [-0.2, 0) is 4.79 Å². The molecule has 3 aliphatic rings. The Morgan fingerprint density at radius 3 is 2.71 bits per heavy atom. The normalized spacial score (nSPS) is 35.8. The highest BCUT2D eigenvalue weighted by Gasteiger charge is 2.42. The van der Waals surface area contributed by atoms with Gasteiger partial charge in [-0.1, -0.05) is 19.8 Å². The van der Waals surface area contributed by atoms with Crippen molar-refractivity contribution in [3.8, 4) is 0 Å². The fraction of sp³-hybridized carbons (Fsp3) is 0.941. The van der Waals surface area contributed by atoms with E-state index in [1.54, 1.807) is 0 Å². The number of carbonyl (C=O) groups is 1. The fourth-order valence-electron chi connectivity index (χ4n) is 5.03. The Hall–Kier alpha value is -0.280. The van der Waals surface area contributed by atoms with Crippen LogP contribution < -0.4 is 5.73 Å². The Balaban J connectivity index is 0.00000161. The van der Waals surface area contributed by atoms with Gasteiger partial charge >= 0.3 is 0 Å². The highest BCUT2D eigenvalue weighted by molar-refractivity contribution is 5.85. The zero-order chi connectivity index (χ0) is 14.1. The summed E-state index contributed by atoms with van der Waals surface area (Å²) in [6, 6.07) is 0.232. The largest absolute Gasteiger partial charge is 0.338 e. The van der Waals surface area contributed by atoms with Crippen molar-refractivity contribution >= 4 is 18.3 Å². The molecular weight excluding hydrogens is 284 g/mol. The maximum Gasteiger partial charge on any atom is 0.239 e. The van der Waals surface area contributed by atoms with E-state index in [1.165, 1.54) is 44.9 Å². The van der Waals surface area contributed by atoms with Crippen LogP contribution in [0.2, 0.25) is 0 Å². The lowest BCUT2D eigenvalue weighted by Crippen LogP contribution is -2.46. The molecular formula is C17H31ClN2O. The van der Waals surface area contributed by atoms with Crippen LogP contribution in [0.1, 0.15) is 64.7 Å². The zero-order valence-electron chi connectivity index (χ0n) is 13.3. The first-order valence-electron chi connectivity index (χ1n) is 8.75. The maximum absolute atomic E-state index is 12.5. The van der Waals surface area contributed by atoms with Crippen LogP contribution in [0.5, 0.6) is 0 Å². The monoisotopic (exact) mass is 314 g/mol. The number of likely N-dealkylation sites (tertiary alicyclic amines) is 1. The molecule has 0 radical (unpaired) electrons. The first-order valence-corrected chi connectivity index (χ1v) is 8.75. The Morgan fingerprint density at radius 1 is 1.29 bits per heavy atom. The molecule has 0 aromatic carbocycles. The molecule has 2 bridgehead atoms. The molecule has 1 amide bonds. The van der Waals surface area contributed by atoms with Crippen LogP contribution in [0.15, 0.2) is 0 Å². The van der Waals surface area contributed by atoms with Crippen molar-refractivity contribution in [3.05, 3.63) is 0 Å². The van der Waals surface area contributed by atoms with E-state index in [-0.39, 0.29) is 24.4 Å². The minimum Gasteiger partial charge on any atom is -0.338 e. The van der Waals surface area contributed by atoms with Crippen molar-refractivity contribution in [2.24, 2.45) is 23.5 Å². The number of carbonyl (C=O) groups excluding carboxylic acids is 1. The lowest BCUT2D eigenvalue weighted by atomic mass is 9.83. The molecule has 4 heteroatoms. The second kappa shape index (κ2) is 7.32. The van der Waals surface area contributed by atoms with Crippen molar-refractivity contribution in [2.75, 3.05) is 6.54 Å². The molecule has 5 unspecified atom stereocenters. The summed E-state index contributed by atoms with van der Waals surface area (Å²) in [6.07, 6.45) is 11.3. The molecule has 2 N–H and O–H groups in total. The summed E-state index contributed by atoms with van der Waals surface area (Å²) in [7, 11) is 0. The van der Waals surface area contributed by atoms with Crippen LogP contribution in [0.25, 0.3) is 0 Å². The fourth-order valence-corrected chi connectivity index (χ4v) is 5.03. The zero-order valence-corrected chi connectivity index (χ0v) is 14.1. The number of nitrogens with two attached hydrogens (primary N) is 1. The van der Waals surface area contributed by atoms with Crippen molar-refractivity contribution in [2.45, 2.75) is 76.8 Å². The number of hydrogen-bond acceptors (Lipinski definition) is 2. The average Bonchev–Trinajstić information content (AvgIpc) is 3.14. The van der Waals surface area contributed by atoms with Gasteiger partial charge in [0.1, 0.15) is 0 Å². The van der Waals surface area contributed by atoms with Gasteiger partial charge in [0.25, 0.3) is 0 Å². The molecule has 3 fully saturated rings. The molecule has 1 aliphatic heterocycles. The Morgan fingerprint density at radius 2 is 2.10 bits per heavy atom. The molecule has 0 spiro atoms. The topological polar surface area (TPSA) is 46.3 Å². The van der Waals surface area contributed by atoms with E-state index in [0.717, 1.165) is 37.1 Å². The van der Waals surface area contributed by atoms with E-state index >= 15 is 0 Å². The van der Waals surface area contributed by atoms with Gasteiger partial charge in [0.2, 0.25) is 5.91 Å². The van der Waals surface area contributed by atoms with E-state index in [4.69, 9.17) is 5.73 Å². The molecule has 2 aliphatic carbocycles. The van der Waals surface area contributed by atoms with Gasteiger partial charge in [0.15, 0.2) is 0 Å². The summed E-state index contributed by atoms with van der Waals surface area (Å²) in [4.78, 5) is 14.6. The summed E-state index contributed by atoms with van der Waals surface area (Å²) in [5.41, 5.74) is 6.05. The van der Waals surface area contributed by atoms with Crippen LogP contribution >= 0.6 is 12.4 Å². The predicted molar refractivity (Wildman–Crippen MR) is 88.4 cm³/mol. The summed E-state index contributed by atoms with van der Waals surface area (Å²) in [6.45, 7) is 3.05. The molecule has 5 atom stereocenters. The highest BCUT2D eigenvalue weighted by atomic mass is 35.5. The second-order valence-corrected chi connectivity index (χ2v) is 7.39. The number of amides is 1. The number of rotatable bonds is 5. The first-order chi connectivity index (χ1) is 9.69. The molecule has 0 aromatic rings. The third-order valence-corrected chi connectivity index (χ3v) is 6.04. The van der Waals surface area contributed by atoms with Crippen LogP contribution in [-0.4, -0.2) is 29.4 Å². The van der Waals surface area contributed by atoms with Crippen LogP contribution in [0.4, 0.5) is 0 Å². The number of nitrogens with zero attached hydrogens (tertiary/aromatic N) is 1. The number of fused-ring (bicyclic) bond motifs is 2. The van der Waals surface area contributed by atoms with Gasteiger partial charge in [-0.25, -0.2) is 0 Å². The van der Waals surface area contributed by atoms with Crippen LogP contribution in [0.3, 0.4) is 0 Å². The Labute approximate surface area is 135 Å². The minimum absolute atomic E-state index is 0. The first kappa shape index (κ1) is 17.1.